The van der Waals surface area contributed by atoms with Crippen molar-refractivity contribution in [3.05, 3.63) is 77.9 Å². The molecule has 0 saturated carbocycles. The number of nitrogens with one attached hydrogen (secondary N) is 1. The van der Waals surface area contributed by atoms with Crippen LogP contribution in [0.5, 0.6) is 5.75 Å². The second-order valence-electron chi connectivity index (χ2n) is 10.7. The molecule has 5 rings (SSSR count). The monoisotopic (exact) mass is 556 g/mol. The summed E-state index contributed by atoms with van der Waals surface area (Å²) in [5, 5.41) is 8.17. The third kappa shape index (κ3) is 5.28. The van der Waals surface area contributed by atoms with Crippen LogP contribution in [0.2, 0.25) is 0 Å². The van der Waals surface area contributed by atoms with E-state index in [2.05, 4.69) is 10.4 Å². The molecule has 0 atom stereocenters. The number of rotatable bonds is 5. The summed E-state index contributed by atoms with van der Waals surface area (Å²) < 4.78 is 30.0. The Labute approximate surface area is 235 Å². The van der Waals surface area contributed by atoms with Crippen molar-refractivity contribution in [3.8, 4) is 16.9 Å². The molecule has 0 saturated heterocycles. The Balaban J connectivity index is 1.64. The predicted octanol–water partition coefficient (Wildman–Crippen LogP) is 6.21. The lowest BCUT2D eigenvalue weighted by Crippen LogP contribution is -2.24. The topological polar surface area (TPSA) is 104 Å². The van der Waals surface area contributed by atoms with Crippen molar-refractivity contribution in [2.45, 2.75) is 33.3 Å². The molecule has 2 heterocycles. The van der Waals surface area contributed by atoms with Crippen LogP contribution in [0.1, 0.15) is 53.2 Å². The maximum atomic E-state index is 16.1. The molecule has 0 spiro atoms. The molecule has 1 N–H and O–H groups in total. The van der Waals surface area contributed by atoms with Crippen LogP contribution in [0.4, 0.5) is 10.1 Å². The van der Waals surface area contributed by atoms with Crippen LogP contribution in [-0.4, -0.2) is 44.8 Å². The molecule has 5 aromatic rings. The standard InChI is InChI=1S/C31H29FN4O5/c1-17(37)36-16-24(23-14-21(40-6)9-10-26(23)36)29(38)34-25-12-20(30(39)41-31(2,3)4)11-22(28(25)32)18-7-8-19-15-33-35(5)27(19)13-18/h7-16H,1-6H3,(H,34,38). The van der Waals surface area contributed by atoms with Crippen LogP contribution < -0.4 is 10.1 Å². The van der Waals surface area contributed by atoms with E-state index in [9.17, 15) is 14.4 Å². The molecule has 0 unspecified atom stereocenters. The van der Waals surface area contributed by atoms with Gasteiger partial charge in [-0.25, -0.2) is 9.18 Å². The molecule has 0 fully saturated rings. The summed E-state index contributed by atoms with van der Waals surface area (Å²) in [4.78, 5) is 39.0. The Kier molecular flexibility index (Phi) is 6.86. The number of anilines is 1. The van der Waals surface area contributed by atoms with E-state index in [1.165, 1.54) is 36.9 Å². The Morgan fingerprint density at radius 1 is 1.00 bits per heavy atom. The van der Waals surface area contributed by atoms with Crippen LogP contribution in [-0.2, 0) is 11.8 Å². The van der Waals surface area contributed by atoms with Gasteiger partial charge in [0.05, 0.1) is 41.2 Å². The van der Waals surface area contributed by atoms with E-state index < -0.39 is 23.3 Å². The average Bonchev–Trinajstić information content (AvgIpc) is 3.48. The number of benzene rings is 3. The van der Waals surface area contributed by atoms with Gasteiger partial charge in [0.2, 0.25) is 5.91 Å². The number of hydrogen-bond donors (Lipinski definition) is 1. The number of fused-ring (bicyclic) bond motifs is 2. The molecule has 0 aliphatic heterocycles. The van der Waals surface area contributed by atoms with Crippen molar-refractivity contribution in [1.82, 2.24) is 14.3 Å². The molecule has 9 nitrogen and oxygen atoms in total. The van der Waals surface area contributed by atoms with E-state index in [4.69, 9.17) is 9.47 Å². The molecule has 0 aliphatic rings. The molecule has 10 heteroatoms. The Morgan fingerprint density at radius 2 is 1.76 bits per heavy atom. The van der Waals surface area contributed by atoms with E-state index in [-0.39, 0.29) is 28.3 Å². The summed E-state index contributed by atoms with van der Waals surface area (Å²) in [6.45, 7) is 6.56. The number of amides is 1. The first-order valence-electron chi connectivity index (χ1n) is 12.9. The first kappa shape index (κ1) is 27.6. The van der Waals surface area contributed by atoms with Crippen molar-refractivity contribution >= 4 is 45.3 Å². The fraction of sp³-hybridized carbons (Fsp3) is 0.226. The molecular formula is C31H29FN4O5. The molecule has 41 heavy (non-hydrogen) atoms. The van der Waals surface area contributed by atoms with Crippen LogP contribution >= 0.6 is 0 Å². The highest BCUT2D eigenvalue weighted by Gasteiger charge is 2.24. The summed E-state index contributed by atoms with van der Waals surface area (Å²) in [6, 6.07) is 12.9. The van der Waals surface area contributed by atoms with Gasteiger partial charge in [-0.1, -0.05) is 12.1 Å². The lowest BCUT2D eigenvalue weighted by Gasteiger charge is -2.20. The van der Waals surface area contributed by atoms with Crippen LogP contribution in [0.25, 0.3) is 32.9 Å². The maximum absolute atomic E-state index is 16.1. The number of hydrogen-bond acceptors (Lipinski definition) is 6. The molecule has 2 aromatic heterocycles. The fourth-order valence-electron chi connectivity index (χ4n) is 4.66. The largest absolute Gasteiger partial charge is 0.497 e. The Morgan fingerprint density at radius 3 is 2.44 bits per heavy atom. The van der Waals surface area contributed by atoms with Gasteiger partial charge in [-0.2, -0.15) is 5.10 Å². The number of nitrogens with zero attached hydrogens (tertiary/aromatic N) is 3. The van der Waals surface area contributed by atoms with Gasteiger partial charge in [-0.15, -0.1) is 0 Å². The smallest absolute Gasteiger partial charge is 0.338 e. The maximum Gasteiger partial charge on any atom is 0.338 e. The third-order valence-corrected chi connectivity index (χ3v) is 6.61. The molecule has 0 bridgehead atoms. The fourth-order valence-corrected chi connectivity index (χ4v) is 4.66. The van der Waals surface area contributed by atoms with Crippen LogP contribution in [0.3, 0.4) is 0 Å². The quantitative estimate of drug-likeness (QED) is 0.258. The van der Waals surface area contributed by atoms with E-state index in [1.54, 1.807) is 75.1 Å². The number of carbonyl (C=O) groups is 3. The van der Waals surface area contributed by atoms with Crippen molar-refractivity contribution < 1.29 is 28.2 Å². The number of aryl methyl sites for hydroxylation is 1. The molecule has 3 aromatic carbocycles. The number of aromatic nitrogens is 3. The van der Waals surface area contributed by atoms with Gasteiger partial charge in [-0.05, 0) is 62.7 Å². The minimum absolute atomic E-state index is 0.0598. The molecule has 0 radical (unpaired) electrons. The highest BCUT2D eigenvalue weighted by molar-refractivity contribution is 6.15. The average molecular weight is 557 g/mol. The number of esters is 1. The van der Waals surface area contributed by atoms with E-state index in [0.717, 1.165) is 10.9 Å². The van der Waals surface area contributed by atoms with Gasteiger partial charge in [-0.3, -0.25) is 18.8 Å². The molecular weight excluding hydrogens is 527 g/mol. The number of ether oxygens (including phenoxy) is 2. The lowest BCUT2D eigenvalue weighted by molar-refractivity contribution is 0.00693. The van der Waals surface area contributed by atoms with Crippen molar-refractivity contribution in [1.29, 1.82) is 0 Å². The van der Waals surface area contributed by atoms with Crippen molar-refractivity contribution in [2.24, 2.45) is 7.05 Å². The first-order chi connectivity index (χ1) is 19.4. The highest BCUT2D eigenvalue weighted by Crippen LogP contribution is 2.34. The molecule has 210 valence electrons. The Hall–Kier alpha value is -4.99. The van der Waals surface area contributed by atoms with Gasteiger partial charge in [0.25, 0.3) is 5.91 Å². The van der Waals surface area contributed by atoms with Gasteiger partial charge < -0.3 is 14.8 Å². The number of carbonyl (C=O) groups excluding carboxylic acids is 3. The summed E-state index contributed by atoms with van der Waals surface area (Å²) in [7, 11) is 3.27. The van der Waals surface area contributed by atoms with Gasteiger partial charge in [0.15, 0.2) is 5.82 Å². The minimum Gasteiger partial charge on any atom is -0.497 e. The SMILES string of the molecule is COc1ccc2c(c1)c(C(=O)Nc1cc(C(=O)OC(C)(C)C)cc(-c3ccc4cnn(C)c4c3)c1F)cn2C(C)=O. The van der Waals surface area contributed by atoms with Crippen molar-refractivity contribution in [2.75, 3.05) is 12.4 Å². The van der Waals surface area contributed by atoms with Crippen LogP contribution in [0.15, 0.2) is 60.9 Å². The summed E-state index contributed by atoms with van der Waals surface area (Å²) >= 11 is 0. The molecule has 1 amide bonds. The first-order valence-corrected chi connectivity index (χ1v) is 12.9. The van der Waals surface area contributed by atoms with Gasteiger partial charge in [0.1, 0.15) is 11.4 Å². The van der Waals surface area contributed by atoms with Gasteiger partial charge >= 0.3 is 5.97 Å². The molecule has 0 aliphatic carbocycles. The van der Waals surface area contributed by atoms with E-state index in [1.807, 2.05) is 0 Å². The normalized spacial score (nSPS) is 11.6. The van der Waals surface area contributed by atoms with Crippen molar-refractivity contribution in [3.63, 3.8) is 0 Å². The highest BCUT2D eigenvalue weighted by atomic mass is 19.1. The second-order valence-corrected chi connectivity index (χ2v) is 10.7. The summed E-state index contributed by atoms with van der Waals surface area (Å²) in [6.07, 6.45) is 3.10. The lowest BCUT2D eigenvalue weighted by atomic mass is 9.99. The zero-order valence-electron chi connectivity index (χ0n) is 23.5. The second kappa shape index (κ2) is 10.2. The van der Waals surface area contributed by atoms with E-state index in [0.29, 0.717) is 22.2 Å². The predicted molar refractivity (Wildman–Crippen MR) is 154 cm³/mol. The zero-order valence-corrected chi connectivity index (χ0v) is 23.5. The third-order valence-electron chi connectivity index (χ3n) is 6.61. The summed E-state index contributed by atoms with van der Waals surface area (Å²) in [5.74, 6) is -1.89. The Bertz CT molecular complexity index is 1860. The zero-order chi connectivity index (χ0) is 29.6. The summed E-state index contributed by atoms with van der Waals surface area (Å²) in [5.41, 5.74) is 1.02. The van der Waals surface area contributed by atoms with Gasteiger partial charge in [0, 0.05) is 36.5 Å². The minimum atomic E-state index is -0.795. The van der Waals surface area contributed by atoms with E-state index >= 15 is 4.39 Å². The number of methoxy groups -OCH3 is 1. The number of halogens is 1. The van der Waals surface area contributed by atoms with Crippen LogP contribution in [0, 0.1) is 5.82 Å².